The standard InChI is InChI=1S/C22H20O5S2/c1-14(2)16-13-22-18(12-15(16)3)27-17-8-4-5-9-19(17)28(23,24)20-10-6-7-11-21(20)29(22,25)26/h4-14H,1-3H3. The number of hydrogen-bond donors (Lipinski definition) is 0. The highest BCUT2D eigenvalue weighted by Gasteiger charge is 2.35. The normalized spacial score (nSPS) is 16.4. The number of benzene rings is 3. The number of para-hydroxylation sites is 1. The molecule has 5 nitrogen and oxygen atoms in total. The Kier molecular flexibility index (Phi) is 4.55. The highest BCUT2D eigenvalue weighted by molar-refractivity contribution is 7.94. The Labute approximate surface area is 170 Å². The van der Waals surface area contributed by atoms with Gasteiger partial charge >= 0.3 is 0 Å². The lowest BCUT2D eigenvalue weighted by Gasteiger charge is -2.17. The molecule has 150 valence electrons. The first kappa shape index (κ1) is 19.7. The first-order valence-corrected chi connectivity index (χ1v) is 12.1. The van der Waals surface area contributed by atoms with Crippen LogP contribution in [-0.4, -0.2) is 16.8 Å². The highest BCUT2D eigenvalue weighted by atomic mass is 32.2. The van der Waals surface area contributed by atoms with Gasteiger partial charge < -0.3 is 4.74 Å². The minimum absolute atomic E-state index is 0.0360. The molecule has 1 aliphatic heterocycles. The molecule has 0 atom stereocenters. The van der Waals surface area contributed by atoms with Gasteiger partial charge in [-0.05, 0) is 60.4 Å². The monoisotopic (exact) mass is 428 g/mol. The van der Waals surface area contributed by atoms with Crippen LogP contribution in [-0.2, 0) is 19.7 Å². The summed E-state index contributed by atoms with van der Waals surface area (Å²) in [6.07, 6.45) is 0. The maximum atomic E-state index is 13.6. The van der Waals surface area contributed by atoms with Gasteiger partial charge in [0.05, 0.1) is 9.79 Å². The molecule has 0 N–H and O–H groups in total. The third-order valence-electron chi connectivity index (χ3n) is 5.03. The summed E-state index contributed by atoms with van der Waals surface area (Å²) >= 11 is 0. The van der Waals surface area contributed by atoms with Crippen molar-refractivity contribution in [2.75, 3.05) is 0 Å². The smallest absolute Gasteiger partial charge is 0.211 e. The van der Waals surface area contributed by atoms with Gasteiger partial charge in [0.1, 0.15) is 21.3 Å². The number of aryl methyl sites for hydroxylation is 1. The van der Waals surface area contributed by atoms with Gasteiger partial charge in [-0.15, -0.1) is 0 Å². The summed E-state index contributed by atoms with van der Waals surface area (Å²) in [7, 11) is -8.26. The van der Waals surface area contributed by atoms with Crippen LogP contribution in [0.25, 0.3) is 0 Å². The zero-order valence-electron chi connectivity index (χ0n) is 16.2. The van der Waals surface area contributed by atoms with Gasteiger partial charge in [0.15, 0.2) is 0 Å². The van der Waals surface area contributed by atoms with Crippen LogP contribution < -0.4 is 4.74 Å². The number of sulfone groups is 2. The topological polar surface area (TPSA) is 77.5 Å². The number of rotatable bonds is 1. The van der Waals surface area contributed by atoms with E-state index in [-0.39, 0.29) is 37.0 Å². The van der Waals surface area contributed by atoms with Gasteiger partial charge in [0, 0.05) is 0 Å². The second kappa shape index (κ2) is 6.71. The average molecular weight is 429 g/mol. The SMILES string of the molecule is Cc1cc2c(cc1C(C)C)S(=O)(=O)c1ccccc1S(=O)(=O)c1ccccc1O2. The van der Waals surface area contributed by atoms with Crippen LogP contribution >= 0.6 is 0 Å². The van der Waals surface area contributed by atoms with Crippen molar-refractivity contribution in [3.05, 3.63) is 71.8 Å². The van der Waals surface area contributed by atoms with Crippen molar-refractivity contribution in [3.63, 3.8) is 0 Å². The maximum Gasteiger partial charge on any atom is 0.211 e. The lowest BCUT2D eigenvalue weighted by molar-refractivity contribution is 0.453. The van der Waals surface area contributed by atoms with Crippen LogP contribution in [0.2, 0.25) is 0 Å². The molecule has 0 saturated heterocycles. The molecule has 0 bridgehead atoms. The predicted molar refractivity (Wildman–Crippen MR) is 109 cm³/mol. The summed E-state index contributed by atoms with van der Waals surface area (Å²) in [5, 5.41) is 0. The molecule has 7 heteroatoms. The fraction of sp³-hybridized carbons (Fsp3) is 0.182. The van der Waals surface area contributed by atoms with Gasteiger partial charge in [-0.2, -0.15) is 0 Å². The van der Waals surface area contributed by atoms with E-state index in [2.05, 4.69) is 0 Å². The summed E-state index contributed by atoms with van der Waals surface area (Å²) in [6.45, 7) is 5.84. The molecule has 0 amide bonds. The second-order valence-electron chi connectivity index (χ2n) is 7.31. The average Bonchev–Trinajstić information content (AvgIpc) is 2.69. The van der Waals surface area contributed by atoms with E-state index in [0.717, 1.165) is 11.1 Å². The molecule has 0 saturated carbocycles. The summed E-state index contributed by atoms with van der Waals surface area (Å²) in [5.41, 5.74) is 1.74. The Hall–Kier alpha value is -2.64. The predicted octanol–water partition coefficient (Wildman–Crippen LogP) is 4.89. The largest absolute Gasteiger partial charge is 0.455 e. The van der Waals surface area contributed by atoms with Crippen molar-refractivity contribution in [1.29, 1.82) is 0 Å². The molecule has 0 spiro atoms. The zero-order valence-corrected chi connectivity index (χ0v) is 17.8. The number of fused-ring (bicyclic) bond motifs is 3. The van der Waals surface area contributed by atoms with E-state index in [1.54, 1.807) is 24.3 Å². The van der Waals surface area contributed by atoms with E-state index in [9.17, 15) is 16.8 Å². The first-order chi connectivity index (χ1) is 13.6. The molecule has 0 fully saturated rings. The Balaban J connectivity index is 2.19. The van der Waals surface area contributed by atoms with Crippen LogP contribution in [0.3, 0.4) is 0 Å². The quantitative estimate of drug-likeness (QED) is 0.431. The molecular weight excluding hydrogens is 408 g/mol. The second-order valence-corrected chi connectivity index (χ2v) is 11.1. The third kappa shape index (κ3) is 3.05. The van der Waals surface area contributed by atoms with Crippen LogP contribution in [0, 0.1) is 6.92 Å². The van der Waals surface area contributed by atoms with Gasteiger partial charge in [-0.25, -0.2) is 16.8 Å². The fourth-order valence-corrected chi connectivity index (χ4v) is 7.19. The number of hydrogen-bond acceptors (Lipinski definition) is 5. The van der Waals surface area contributed by atoms with Crippen molar-refractivity contribution in [2.45, 2.75) is 46.3 Å². The van der Waals surface area contributed by atoms with E-state index >= 15 is 0 Å². The Bertz CT molecular complexity index is 1340. The lowest BCUT2D eigenvalue weighted by Crippen LogP contribution is -2.10. The fourth-order valence-electron chi connectivity index (χ4n) is 3.60. The van der Waals surface area contributed by atoms with Gasteiger partial charge in [0.25, 0.3) is 0 Å². The van der Waals surface area contributed by atoms with Gasteiger partial charge in [-0.3, -0.25) is 0 Å². The van der Waals surface area contributed by atoms with Crippen molar-refractivity contribution < 1.29 is 21.6 Å². The zero-order chi connectivity index (χ0) is 21.0. The maximum absolute atomic E-state index is 13.6. The minimum atomic E-state index is -4.15. The van der Waals surface area contributed by atoms with E-state index in [1.807, 2.05) is 20.8 Å². The Morgan fingerprint density at radius 1 is 0.690 bits per heavy atom. The molecule has 1 aliphatic rings. The van der Waals surface area contributed by atoms with E-state index < -0.39 is 19.7 Å². The Morgan fingerprint density at radius 3 is 1.79 bits per heavy atom. The van der Waals surface area contributed by atoms with E-state index in [1.165, 1.54) is 36.4 Å². The molecule has 0 aromatic heterocycles. The molecule has 29 heavy (non-hydrogen) atoms. The molecule has 4 rings (SSSR count). The van der Waals surface area contributed by atoms with Crippen LogP contribution in [0.15, 0.2) is 80.2 Å². The molecule has 3 aromatic rings. The van der Waals surface area contributed by atoms with Crippen molar-refractivity contribution in [3.8, 4) is 11.5 Å². The lowest BCUT2D eigenvalue weighted by atomic mass is 9.98. The van der Waals surface area contributed by atoms with Gasteiger partial charge in [-0.1, -0.05) is 38.1 Å². The summed E-state index contributed by atoms with van der Waals surface area (Å²) in [6, 6.07) is 15.1. The van der Waals surface area contributed by atoms with E-state index in [0.29, 0.717) is 0 Å². The molecule has 1 heterocycles. The van der Waals surface area contributed by atoms with Crippen molar-refractivity contribution in [2.24, 2.45) is 0 Å². The summed E-state index contributed by atoms with van der Waals surface area (Å²) in [4.78, 5) is -0.608. The van der Waals surface area contributed by atoms with Crippen LogP contribution in [0.5, 0.6) is 11.5 Å². The van der Waals surface area contributed by atoms with Crippen molar-refractivity contribution >= 4 is 19.7 Å². The summed E-state index contributed by atoms with van der Waals surface area (Å²) < 4.78 is 59.8. The highest BCUT2D eigenvalue weighted by Crippen LogP contribution is 2.43. The molecule has 0 radical (unpaired) electrons. The molecule has 0 unspecified atom stereocenters. The number of ether oxygens (including phenoxy) is 1. The third-order valence-corrected chi connectivity index (χ3v) is 8.84. The molecule has 3 aromatic carbocycles. The van der Waals surface area contributed by atoms with Gasteiger partial charge in [0.2, 0.25) is 19.7 Å². The van der Waals surface area contributed by atoms with Crippen LogP contribution in [0.4, 0.5) is 0 Å². The minimum Gasteiger partial charge on any atom is -0.455 e. The van der Waals surface area contributed by atoms with Crippen molar-refractivity contribution in [1.82, 2.24) is 0 Å². The molecule has 0 aliphatic carbocycles. The molecular formula is C22H20O5S2. The van der Waals surface area contributed by atoms with Crippen LogP contribution in [0.1, 0.15) is 30.9 Å². The Morgan fingerprint density at radius 2 is 1.21 bits per heavy atom. The van der Waals surface area contributed by atoms with E-state index in [4.69, 9.17) is 4.74 Å². The summed E-state index contributed by atoms with van der Waals surface area (Å²) in [5.74, 6) is 0.304. The first-order valence-electron chi connectivity index (χ1n) is 9.14.